The highest BCUT2D eigenvalue weighted by Crippen LogP contribution is 2.36. The third-order valence-corrected chi connectivity index (χ3v) is 4.44. The number of hydrogen-bond donors (Lipinski definition) is 1. The first-order valence-electron chi connectivity index (χ1n) is 8.31. The highest BCUT2D eigenvalue weighted by atomic mass is 16.5. The van der Waals surface area contributed by atoms with Crippen molar-refractivity contribution in [1.82, 2.24) is 5.32 Å². The van der Waals surface area contributed by atoms with E-state index in [4.69, 9.17) is 9.47 Å². The minimum Gasteiger partial charge on any atom is -0.493 e. The molecule has 0 spiro atoms. The second kappa shape index (κ2) is 8.28. The molecular formula is C18H29NO2. The fourth-order valence-electron chi connectivity index (χ4n) is 3.14. The van der Waals surface area contributed by atoms with Gasteiger partial charge in [0.25, 0.3) is 0 Å². The lowest BCUT2D eigenvalue weighted by atomic mass is 9.85. The Labute approximate surface area is 129 Å². The molecule has 3 nitrogen and oxygen atoms in total. The number of rotatable bonds is 7. The summed E-state index contributed by atoms with van der Waals surface area (Å²) in [5, 5.41) is 3.38. The van der Waals surface area contributed by atoms with Gasteiger partial charge in [-0.2, -0.15) is 0 Å². The van der Waals surface area contributed by atoms with Crippen LogP contribution in [0.3, 0.4) is 0 Å². The zero-order valence-corrected chi connectivity index (χ0v) is 13.7. The Balaban J connectivity index is 2.12. The summed E-state index contributed by atoms with van der Waals surface area (Å²) in [6, 6.07) is 6.15. The lowest BCUT2D eigenvalue weighted by molar-refractivity contribution is 0.117. The van der Waals surface area contributed by atoms with Crippen molar-refractivity contribution in [2.75, 3.05) is 13.7 Å². The number of nitrogens with one attached hydrogen (secondary N) is 1. The smallest absolute Gasteiger partial charge is 0.166 e. The maximum absolute atomic E-state index is 6.37. The summed E-state index contributed by atoms with van der Waals surface area (Å²) >= 11 is 0. The summed E-state index contributed by atoms with van der Waals surface area (Å²) in [4.78, 5) is 0. The van der Waals surface area contributed by atoms with Crippen LogP contribution < -0.4 is 14.8 Å². The van der Waals surface area contributed by atoms with Gasteiger partial charge in [0.15, 0.2) is 11.5 Å². The lowest BCUT2D eigenvalue weighted by Crippen LogP contribution is -2.26. The van der Waals surface area contributed by atoms with Gasteiger partial charge in [0, 0.05) is 12.1 Å². The Morgan fingerprint density at radius 1 is 1.24 bits per heavy atom. The van der Waals surface area contributed by atoms with Crippen LogP contribution in [0.2, 0.25) is 0 Å². The summed E-state index contributed by atoms with van der Waals surface area (Å²) in [7, 11) is 1.72. The quantitative estimate of drug-likeness (QED) is 0.818. The van der Waals surface area contributed by atoms with E-state index in [1.54, 1.807) is 7.11 Å². The van der Waals surface area contributed by atoms with Crippen LogP contribution in [0.5, 0.6) is 11.5 Å². The van der Waals surface area contributed by atoms with Crippen molar-refractivity contribution in [3.63, 3.8) is 0 Å². The lowest BCUT2D eigenvalue weighted by Gasteiger charge is -2.30. The van der Waals surface area contributed by atoms with E-state index in [1.165, 1.54) is 31.2 Å². The molecule has 1 aliphatic rings. The molecule has 0 bridgehead atoms. The zero-order chi connectivity index (χ0) is 15.1. The third-order valence-electron chi connectivity index (χ3n) is 4.44. The Bertz CT molecular complexity index is 433. The van der Waals surface area contributed by atoms with Gasteiger partial charge in [-0.25, -0.2) is 0 Å². The molecule has 1 N–H and O–H groups in total. The van der Waals surface area contributed by atoms with Gasteiger partial charge in [-0.3, -0.25) is 0 Å². The van der Waals surface area contributed by atoms with Gasteiger partial charge in [0.1, 0.15) is 0 Å². The normalized spacial score (nSPS) is 22.0. The van der Waals surface area contributed by atoms with Crippen LogP contribution in [-0.2, 0) is 6.54 Å². The van der Waals surface area contributed by atoms with Crippen molar-refractivity contribution in [2.24, 2.45) is 5.92 Å². The van der Waals surface area contributed by atoms with Gasteiger partial charge < -0.3 is 14.8 Å². The highest BCUT2D eigenvalue weighted by Gasteiger charge is 2.24. The number of ether oxygens (including phenoxy) is 2. The maximum atomic E-state index is 6.37. The second-order valence-electron chi connectivity index (χ2n) is 5.91. The van der Waals surface area contributed by atoms with Crippen LogP contribution >= 0.6 is 0 Å². The van der Waals surface area contributed by atoms with E-state index in [2.05, 4.69) is 25.2 Å². The number of benzene rings is 1. The molecule has 0 aliphatic heterocycles. The summed E-state index contributed by atoms with van der Waals surface area (Å²) < 4.78 is 11.9. The maximum Gasteiger partial charge on any atom is 0.166 e. The van der Waals surface area contributed by atoms with Crippen molar-refractivity contribution < 1.29 is 9.47 Å². The number of hydrogen-bond acceptors (Lipinski definition) is 3. The SMILES string of the molecule is CCNCc1cccc(OC)c1OC1CCCC(CC)C1. The van der Waals surface area contributed by atoms with Crippen molar-refractivity contribution in [1.29, 1.82) is 0 Å². The minimum atomic E-state index is 0.334. The molecule has 0 saturated heterocycles. The van der Waals surface area contributed by atoms with E-state index in [0.717, 1.165) is 36.9 Å². The molecule has 1 fully saturated rings. The van der Waals surface area contributed by atoms with Crippen LogP contribution in [-0.4, -0.2) is 19.8 Å². The Kier molecular flexibility index (Phi) is 6.37. The molecule has 0 heterocycles. The second-order valence-corrected chi connectivity index (χ2v) is 5.91. The van der Waals surface area contributed by atoms with E-state index >= 15 is 0 Å². The van der Waals surface area contributed by atoms with Crippen LogP contribution in [0.4, 0.5) is 0 Å². The Hall–Kier alpha value is -1.22. The topological polar surface area (TPSA) is 30.5 Å². The molecule has 2 rings (SSSR count). The van der Waals surface area contributed by atoms with E-state index in [9.17, 15) is 0 Å². The molecular weight excluding hydrogens is 262 g/mol. The van der Waals surface area contributed by atoms with Gasteiger partial charge in [-0.15, -0.1) is 0 Å². The first kappa shape index (κ1) is 16.2. The highest BCUT2D eigenvalue weighted by molar-refractivity contribution is 5.46. The van der Waals surface area contributed by atoms with Crippen molar-refractivity contribution in [3.05, 3.63) is 23.8 Å². The molecule has 21 heavy (non-hydrogen) atoms. The molecule has 0 radical (unpaired) electrons. The molecule has 118 valence electrons. The van der Waals surface area contributed by atoms with Gasteiger partial charge in [-0.1, -0.05) is 38.8 Å². The molecule has 2 unspecified atom stereocenters. The van der Waals surface area contributed by atoms with Gasteiger partial charge in [0.2, 0.25) is 0 Å². The van der Waals surface area contributed by atoms with Crippen molar-refractivity contribution in [3.8, 4) is 11.5 Å². The van der Waals surface area contributed by atoms with Gasteiger partial charge in [0.05, 0.1) is 13.2 Å². The molecule has 0 amide bonds. The molecule has 1 aliphatic carbocycles. The average Bonchev–Trinajstić information content (AvgIpc) is 2.54. The first-order chi connectivity index (χ1) is 10.3. The summed E-state index contributed by atoms with van der Waals surface area (Å²) in [5.41, 5.74) is 1.19. The number of para-hydroxylation sites is 1. The number of methoxy groups -OCH3 is 1. The summed E-state index contributed by atoms with van der Waals surface area (Å²) in [6.45, 7) is 6.19. The molecule has 1 aromatic rings. The fraction of sp³-hybridized carbons (Fsp3) is 0.667. The van der Waals surface area contributed by atoms with E-state index in [-0.39, 0.29) is 0 Å². The summed E-state index contributed by atoms with van der Waals surface area (Å²) in [5.74, 6) is 2.60. The Morgan fingerprint density at radius 3 is 2.81 bits per heavy atom. The van der Waals surface area contributed by atoms with Gasteiger partial charge in [-0.05, 0) is 37.8 Å². The predicted octanol–water partition coefficient (Wildman–Crippen LogP) is 4.15. The first-order valence-corrected chi connectivity index (χ1v) is 8.31. The van der Waals surface area contributed by atoms with E-state index < -0.39 is 0 Å². The molecule has 2 atom stereocenters. The van der Waals surface area contributed by atoms with Crippen LogP contribution in [0.15, 0.2) is 18.2 Å². The largest absolute Gasteiger partial charge is 0.493 e. The zero-order valence-electron chi connectivity index (χ0n) is 13.7. The fourth-order valence-corrected chi connectivity index (χ4v) is 3.14. The van der Waals surface area contributed by atoms with Crippen molar-refractivity contribution >= 4 is 0 Å². The standard InChI is InChI=1S/C18H29NO2/c1-4-14-8-6-10-16(12-14)21-18-15(13-19-5-2)9-7-11-17(18)20-3/h7,9,11,14,16,19H,4-6,8,10,12-13H2,1-3H3. The van der Waals surface area contributed by atoms with Crippen LogP contribution in [0.25, 0.3) is 0 Å². The van der Waals surface area contributed by atoms with Crippen LogP contribution in [0, 0.1) is 5.92 Å². The van der Waals surface area contributed by atoms with E-state index in [0.29, 0.717) is 6.10 Å². The minimum absolute atomic E-state index is 0.334. The summed E-state index contributed by atoms with van der Waals surface area (Å²) in [6.07, 6.45) is 6.56. The Morgan fingerprint density at radius 2 is 2.10 bits per heavy atom. The molecule has 1 aromatic carbocycles. The average molecular weight is 291 g/mol. The molecule has 0 aromatic heterocycles. The predicted molar refractivity (Wildman–Crippen MR) is 87.0 cm³/mol. The van der Waals surface area contributed by atoms with Crippen LogP contribution in [0.1, 0.15) is 51.5 Å². The monoisotopic (exact) mass is 291 g/mol. The van der Waals surface area contributed by atoms with E-state index in [1.807, 2.05) is 12.1 Å². The van der Waals surface area contributed by atoms with Crippen molar-refractivity contribution in [2.45, 2.75) is 58.6 Å². The molecule has 1 saturated carbocycles. The molecule has 3 heteroatoms. The van der Waals surface area contributed by atoms with Gasteiger partial charge >= 0.3 is 0 Å². The third kappa shape index (κ3) is 4.37.